The summed E-state index contributed by atoms with van der Waals surface area (Å²) in [4.78, 5) is 19.9. The molecular formula is C20H21N3O. The van der Waals surface area contributed by atoms with Crippen LogP contribution >= 0.6 is 0 Å². The predicted molar refractivity (Wildman–Crippen MR) is 97.4 cm³/mol. The van der Waals surface area contributed by atoms with Crippen LogP contribution in [0, 0.1) is 0 Å². The Morgan fingerprint density at radius 1 is 0.958 bits per heavy atom. The molecule has 3 rings (SSSR count). The van der Waals surface area contributed by atoms with Crippen molar-refractivity contribution in [3.05, 3.63) is 71.9 Å². The molecule has 122 valence electrons. The van der Waals surface area contributed by atoms with Gasteiger partial charge < -0.3 is 6.15 Å². The van der Waals surface area contributed by atoms with Crippen LogP contribution in [0.3, 0.4) is 0 Å². The first-order chi connectivity index (χ1) is 11.2. The maximum Gasteiger partial charge on any atom is 0.159 e. The Morgan fingerprint density at radius 2 is 1.71 bits per heavy atom. The lowest BCUT2D eigenvalue weighted by molar-refractivity contribution is 0.112. The Kier molecular flexibility index (Phi) is 5.55. The molecule has 0 atom stereocenters. The van der Waals surface area contributed by atoms with E-state index in [2.05, 4.69) is 48.1 Å². The van der Waals surface area contributed by atoms with Crippen LogP contribution in [0.4, 0.5) is 0 Å². The first-order valence-corrected chi connectivity index (χ1v) is 7.66. The zero-order chi connectivity index (χ0) is 16.2. The number of hydrogen-bond acceptors (Lipinski definition) is 4. The van der Waals surface area contributed by atoms with Crippen molar-refractivity contribution in [3.8, 4) is 22.6 Å². The average Bonchev–Trinajstić information content (AvgIpc) is 2.62. The number of rotatable bonds is 4. The molecule has 0 aliphatic carbocycles. The molecule has 0 saturated carbocycles. The van der Waals surface area contributed by atoms with Gasteiger partial charge in [-0.1, -0.05) is 56.3 Å². The van der Waals surface area contributed by atoms with Gasteiger partial charge in [0, 0.05) is 22.9 Å². The highest BCUT2D eigenvalue weighted by atomic mass is 16.1. The zero-order valence-electron chi connectivity index (χ0n) is 13.9. The van der Waals surface area contributed by atoms with Gasteiger partial charge in [-0.25, -0.2) is 9.97 Å². The number of aromatic nitrogens is 2. The third-order valence-electron chi connectivity index (χ3n) is 3.81. The summed E-state index contributed by atoms with van der Waals surface area (Å²) in [6.07, 6.45) is 2.60. The number of carbonyl (C=O) groups is 1. The van der Waals surface area contributed by atoms with Crippen molar-refractivity contribution >= 4 is 6.29 Å². The minimum absolute atomic E-state index is 0. The molecular weight excluding hydrogens is 298 g/mol. The predicted octanol–water partition coefficient (Wildman–Crippen LogP) is 4.91. The van der Waals surface area contributed by atoms with E-state index >= 15 is 0 Å². The number of nitrogens with zero attached hydrogens (tertiary/aromatic N) is 2. The van der Waals surface area contributed by atoms with E-state index in [0.717, 1.165) is 23.1 Å². The highest BCUT2D eigenvalue weighted by Crippen LogP contribution is 2.23. The minimum atomic E-state index is 0. The summed E-state index contributed by atoms with van der Waals surface area (Å²) in [7, 11) is 0. The van der Waals surface area contributed by atoms with E-state index in [-0.39, 0.29) is 6.15 Å². The molecule has 0 amide bonds. The lowest BCUT2D eigenvalue weighted by atomic mass is 10.0. The Bertz CT molecular complexity index is 826. The molecule has 0 bridgehead atoms. The first kappa shape index (κ1) is 17.5. The maximum atomic E-state index is 10.9. The highest BCUT2D eigenvalue weighted by molar-refractivity contribution is 5.78. The van der Waals surface area contributed by atoms with Crippen LogP contribution in [0.2, 0.25) is 0 Å². The van der Waals surface area contributed by atoms with Gasteiger partial charge in [-0.3, -0.25) is 4.79 Å². The molecule has 2 aromatic carbocycles. The van der Waals surface area contributed by atoms with Crippen LogP contribution in [0.1, 0.15) is 35.7 Å². The summed E-state index contributed by atoms with van der Waals surface area (Å²) in [5.74, 6) is 1.19. The third-order valence-corrected chi connectivity index (χ3v) is 3.81. The Labute approximate surface area is 142 Å². The van der Waals surface area contributed by atoms with E-state index in [9.17, 15) is 4.79 Å². The van der Waals surface area contributed by atoms with E-state index in [1.165, 1.54) is 5.56 Å². The Morgan fingerprint density at radius 3 is 2.38 bits per heavy atom. The van der Waals surface area contributed by atoms with Crippen molar-refractivity contribution < 1.29 is 4.79 Å². The normalized spacial score (nSPS) is 10.3. The molecule has 0 aliphatic heterocycles. The first-order valence-electron chi connectivity index (χ1n) is 7.66. The van der Waals surface area contributed by atoms with E-state index in [0.29, 0.717) is 17.3 Å². The molecule has 3 N–H and O–H groups in total. The average molecular weight is 319 g/mol. The molecule has 0 radical (unpaired) electrons. The summed E-state index contributed by atoms with van der Waals surface area (Å²) in [5, 5.41) is 0. The van der Waals surface area contributed by atoms with Crippen molar-refractivity contribution in [1.82, 2.24) is 16.1 Å². The number of carbonyl (C=O) groups excluding carboxylic acids is 1. The molecule has 0 aliphatic rings. The van der Waals surface area contributed by atoms with E-state index in [1.807, 2.05) is 24.3 Å². The Balaban J connectivity index is 0.00000208. The van der Waals surface area contributed by atoms with Crippen LogP contribution in [-0.4, -0.2) is 16.3 Å². The van der Waals surface area contributed by atoms with Gasteiger partial charge in [-0.2, -0.15) is 0 Å². The largest absolute Gasteiger partial charge is 0.344 e. The van der Waals surface area contributed by atoms with Crippen LogP contribution in [-0.2, 0) is 0 Å². The molecule has 0 unspecified atom stereocenters. The second kappa shape index (κ2) is 7.62. The number of aldehydes is 1. The number of benzene rings is 2. The van der Waals surface area contributed by atoms with Crippen molar-refractivity contribution in [2.45, 2.75) is 19.8 Å². The number of hydrogen-bond donors (Lipinski definition) is 1. The van der Waals surface area contributed by atoms with Gasteiger partial charge >= 0.3 is 0 Å². The van der Waals surface area contributed by atoms with Crippen molar-refractivity contribution in [3.63, 3.8) is 0 Å². The summed E-state index contributed by atoms with van der Waals surface area (Å²) in [6.45, 7) is 4.35. The Hall–Kier alpha value is -2.85. The van der Waals surface area contributed by atoms with Gasteiger partial charge in [-0.15, -0.1) is 0 Å². The SMILES string of the molecule is CC(C)c1ccc(-c2nccc(-c3cccc(C=O)c3)n2)cc1.N. The summed E-state index contributed by atoms with van der Waals surface area (Å²) >= 11 is 0. The smallest absolute Gasteiger partial charge is 0.159 e. The summed E-state index contributed by atoms with van der Waals surface area (Å²) < 4.78 is 0. The van der Waals surface area contributed by atoms with Gasteiger partial charge in [0.15, 0.2) is 5.82 Å². The third kappa shape index (κ3) is 3.73. The van der Waals surface area contributed by atoms with Gasteiger partial charge in [0.1, 0.15) is 6.29 Å². The fourth-order valence-corrected chi connectivity index (χ4v) is 2.45. The second-order valence-corrected chi connectivity index (χ2v) is 5.79. The molecule has 3 aromatic rings. The van der Waals surface area contributed by atoms with Gasteiger partial charge in [0.05, 0.1) is 5.69 Å². The molecule has 1 aromatic heterocycles. The van der Waals surface area contributed by atoms with Crippen LogP contribution in [0.25, 0.3) is 22.6 Å². The highest BCUT2D eigenvalue weighted by Gasteiger charge is 2.06. The fourth-order valence-electron chi connectivity index (χ4n) is 2.45. The van der Waals surface area contributed by atoms with Crippen molar-refractivity contribution in [1.29, 1.82) is 0 Å². The van der Waals surface area contributed by atoms with Gasteiger partial charge in [0.25, 0.3) is 0 Å². The fraction of sp³-hybridized carbons (Fsp3) is 0.150. The molecule has 0 fully saturated rings. The van der Waals surface area contributed by atoms with Crippen LogP contribution in [0.5, 0.6) is 0 Å². The molecule has 24 heavy (non-hydrogen) atoms. The standard InChI is InChI=1S/C20H18N2O.H3N/c1-14(2)16-6-8-17(9-7-16)20-21-11-10-19(22-20)18-5-3-4-15(12-18)13-23;/h3-14H,1-2H3;1H3. The molecule has 0 saturated heterocycles. The second-order valence-electron chi connectivity index (χ2n) is 5.79. The van der Waals surface area contributed by atoms with E-state index < -0.39 is 0 Å². The quantitative estimate of drug-likeness (QED) is 0.693. The monoisotopic (exact) mass is 319 g/mol. The lowest BCUT2D eigenvalue weighted by Gasteiger charge is -2.07. The van der Waals surface area contributed by atoms with E-state index in [1.54, 1.807) is 12.3 Å². The van der Waals surface area contributed by atoms with Crippen molar-refractivity contribution in [2.75, 3.05) is 0 Å². The molecule has 1 heterocycles. The van der Waals surface area contributed by atoms with E-state index in [4.69, 9.17) is 0 Å². The molecule has 4 nitrogen and oxygen atoms in total. The summed E-state index contributed by atoms with van der Waals surface area (Å²) in [6, 6.07) is 17.6. The molecule has 4 heteroatoms. The molecule has 0 spiro atoms. The zero-order valence-corrected chi connectivity index (χ0v) is 13.9. The maximum absolute atomic E-state index is 10.9. The minimum Gasteiger partial charge on any atom is -0.344 e. The van der Waals surface area contributed by atoms with Crippen molar-refractivity contribution in [2.24, 2.45) is 0 Å². The van der Waals surface area contributed by atoms with Crippen LogP contribution in [0.15, 0.2) is 60.8 Å². The van der Waals surface area contributed by atoms with Gasteiger partial charge in [0.2, 0.25) is 0 Å². The topological polar surface area (TPSA) is 77.8 Å². The lowest BCUT2D eigenvalue weighted by Crippen LogP contribution is -1.93. The summed E-state index contributed by atoms with van der Waals surface area (Å²) in [5.41, 5.74) is 4.65. The van der Waals surface area contributed by atoms with Gasteiger partial charge in [-0.05, 0) is 23.6 Å². The van der Waals surface area contributed by atoms with Crippen LogP contribution < -0.4 is 6.15 Å².